The molecule has 1 aliphatic heterocycles. The highest BCUT2D eigenvalue weighted by Gasteiger charge is 2.29. The number of benzene rings is 2. The molecule has 212 valence electrons. The third-order valence-corrected chi connectivity index (χ3v) is 7.44. The first-order chi connectivity index (χ1) is 20.2. The average molecular weight is 569 g/mol. The molecule has 0 unspecified atom stereocenters. The van der Waals surface area contributed by atoms with Gasteiger partial charge in [0.2, 0.25) is 0 Å². The summed E-state index contributed by atoms with van der Waals surface area (Å²) < 4.78 is 5.67. The van der Waals surface area contributed by atoms with Crippen LogP contribution in [0.4, 0.5) is 17.1 Å². The summed E-state index contributed by atoms with van der Waals surface area (Å²) in [6, 6.07) is 11.0. The maximum absolute atomic E-state index is 13.0. The number of nitrogen functional groups attached to an aromatic ring is 1. The van der Waals surface area contributed by atoms with Crippen molar-refractivity contribution in [2.75, 3.05) is 23.8 Å². The van der Waals surface area contributed by atoms with E-state index in [9.17, 15) is 29.1 Å². The van der Waals surface area contributed by atoms with Crippen LogP contribution in [0.3, 0.4) is 0 Å². The molecule has 0 saturated carbocycles. The Kier molecular flexibility index (Phi) is 6.61. The lowest BCUT2D eigenvalue weighted by Gasteiger charge is -2.32. The van der Waals surface area contributed by atoms with Crippen LogP contribution in [0.5, 0.6) is 5.75 Å². The number of rotatable bonds is 7. The summed E-state index contributed by atoms with van der Waals surface area (Å²) in [7, 11) is 0. The van der Waals surface area contributed by atoms with Crippen LogP contribution in [0, 0.1) is 0 Å². The molecule has 0 fully saturated rings. The standard InChI is InChI=1S/C29H24N6O7/c30-23-24(26(37)25(23)36)35-7-8-42-22-6-1-14(9-21(22)35)12-31-27(38)19-11-20(33-13-32-19)28(39)34-18-5-3-15-10-16(29(40)41)2-4-17(15)18/h1-2,4,6,9-11,13,18H,3,5,7-8,12,30H2,(H,31,38)(H,34,39)(H,40,41)/t18-/m0/s1. The molecule has 1 aliphatic carbocycles. The number of amides is 2. The molecule has 2 amide bonds. The lowest BCUT2D eigenvalue weighted by atomic mass is 10.0. The number of ether oxygens (including phenoxy) is 1. The number of hydrogen-bond donors (Lipinski definition) is 4. The Balaban J connectivity index is 1.12. The van der Waals surface area contributed by atoms with Gasteiger partial charge in [0, 0.05) is 12.6 Å². The zero-order valence-electron chi connectivity index (χ0n) is 22.0. The number of aryl methyl sites for hydroxylation is 1. The van der Waals surface area contributed by atoms with Crippen LogP contribution in [0.15, 0.2) is 58.4 Å². The van der Waals surface area contributed by atoms with Crippen LogP contribution in [0.25, 0.3) is 0 Å². The Morgan fingerprint density at radius 2 is 1.81 bits per heavy atom. The highest BCUT2D eigenvalue weighted by Crippen LogP contribution is 2.38. The van der Waals surface area contributed by atoms with Gasteiger partial charge in [-0.05, 0) is 53.8 Å². The number of anilines is 3. The average Bonchev–Trinajstić information content (AvgIpc) is 3.41. The van der Waals surface area contributed by atoms with E-state index < -0.39 is 28.6 Å². The number of nitrogens with one attached hydrogen (secondary N) is 2. The zero-order valence-corrected chi connectivity index (χ0v) is 22.0. The van der Waals surface area contributed by atoms with Gasteiger partial charge in [0.05, 0.1) is 23.8 Å². The Morgan fingerprint density at radius 1 is 1.02 bits per heavy atom. The van der Waals surface area contributed by atoms with Gasteiger partial charge in [0.1, 0.15) is 41.4 Å². The van der Waals surface area contributed by atoms with Crippen molar-refractivity contribution in [3.63, 3.8) is 0 Å². The monoisotopic (exact) mass is 568 g/mol. The second-order valence-electron chi connectivity index (χ2n) is 9.98. The summed E-state index contributed by atoms with van der Waals surface area (Å²) in [5, 5.41) is 14.9. The van der Waals surface area contributed by atoms with E-state index in [1.807, 2.05) is 0 Å². The van der Waals surface area contributed by atoms with Crippen molar-refractivity contribution < 1.29 is 24.2 Å². The fourth-order valence-electron chi connectivity index (χ4n) is 5.28. The van der Waals surface area contributed by atoms with E-state index in [0.717, 1.165) is 17.5 Å². The lowest BCUT2D eigenvalue weighted by Crippen LogP contribution is -2.43. The number of carboxylic acids is 1. The lowest BCUT2D eigenvalue weighted by molar-refractivity contribution is 0.0696. The van der Waals surface area contributed by atoms with E-state index >= 15 is 0 Å². The van der Waals surface area contributed by atoms with Crippen molar-refractivity contribution in [3.05, 3.63) is 103 Å². The van der Waals surface area contributed by atoms with E-state index in [1.165, 1.54) is 12.1 Å². The first-order valence-electron chi connectivity index (χ1n) is 13.1. The second-order valence-corrected chi connectivity index (χ2v) is 9.98. The first kappa shape index (κ1) is 26.6. The molecule has 13 heteroatoms. The predicted molar refractivity (Wildman–Crippen MR) is 150 cm³/mol. The molecule has 0 spiro atoms. The summed E-state index contributed by atoms with van der Waals surface area (Å²) >= 11 is 0. The van der Waals surface area contributed by atoms with E-state index in [0.29, 0.717) is 43.0 Å². The van der Waals surface area contributed by atoms with Crippen LogP contribution >= 0.6 is 0 Å². The van der Waals surface area contributed by atoms with E-state index in [-0.39, 0.29) is 40.9 Å². The molecule has 4 aromatic rings. The van der Waals surface area contributed by atoms with Crippen molar-refractivity contribution >= 4 is 34.8 Å². The summed E-state index contributed by atoms with van der Waals surface area (Å²) in [6.07, 6.45) is 2.37. The summed E-state index contributed by atoms with van der Waals surface area (Å²) in [4.78, 5) is 70.5. The van der Waals surface area contributed by atoms with Gasteiger partial charge in [0.25, 0.3) is 22.7 Å². The number of aromatic carboxylic acids is 1. The molecule has 1 aromatic heterocycles. The third kappa shape index (κ3) is 4.70. The number of carbonyl (C=O) groups is 3. The predicted octanol–water partition coefficient (Wildman–Crippen LogP) is 1.23. The number of carboxylic acid groups (broad SMARTS) is 1. The molecule has 0 saturated heterocycles. The SMILES string of the molecule is Nc1c(N2CCOc3ccc(CNC(=O)c4cc(C(=O)N[C@H]5CCc6cc(C(=O)O)ccc65)ncn4)cc32)c(=O)c1=O. The Morgan fingerprint density at radius 3 is 2.57 bits per heavy atom. The highest BCUT2D eigenvalue weighted by molar-refractivity contribution is 5.97. The number of nitrogens with two attached hydrogens (primary N) is 1. The van der Waals surface area contributed by atoms with E-state index in [1.54, 1.807) is 35.2 Å². The van der Waals surface area contributed by atoms with Gasteiger partial charge in [-0.1, -0.05) is 12.1 Å². The number of fused-ring (bicyclic) bond motifs is 2. The smallest absolute Gasteiger partial charge is 0.335 e. The summed E-state index contributed by atoms with van der Waals surface area (Å²) in [5.74, 6) is -1.51. The van der Waals surface area contributed by atoms with E-state index in [4.69, 9.17) is 10.5 Å². The van der Waals surface area contributed by atoms with Gasteiger partial charge in [-0.2, -0.15) is 0 Å². The minimum absolute atomic E-state index is 0.00695. The fourth-order valence-corrected chi connectivity index (χ4v) is 5.28. The van der Waals surface area contributed by atoms with Crippen LogP contribution in [-0.4, -0.2) is 46.0 Å². The number of aromatic nitrogens is 2. The second kappa shape index (κ2) is 10.4. The Labute approximate surface area is 237 Å². The number of carbonyl (C=O) groups excluding carboxylic acids is 2. The molecule has 0 bridgehead atoms. The highest BCUT2D eigenvalue weighted by atomic mass is 16.5. The first-order valence-corrected chi connectivity index (χ1v) is 13.1. The zero-order chi connectivity index (χ0) is 29.5. The van der Waals surface area contributed by atoms with Gasteiger partial charge in [-0.25, -0.2) is 14.8 Å². The maximum atomic E-state index is 13.0. The van der Waals surface area contributed by atoms with Gasteiger partial charge in [0.15, 0.2) is 0 Å². The van der Waals surface area contributed by atoms with Crippen molar-refractivity contribution in [2.24, 2.45) is 0 Å². The van der Waals surface area contributed by atoms with Crippen molar-refractivity contribution in [3.8, 4) is 5.75 Å². The Hall–Kier alpha value is -5.59. The van der Waals surface area contributed by atoms with Crippen molar-refractivity contribution in [1.29, 1.82) is 0 Å². The molecule has 3 aromatic carbocycles. The summed E-state index contributed by atoms with van der Waals surface area (Å²) in [5.41, 5.74) is 7.64. The van der Waals surface area contributed by atoms with E-state index in [2.05, 4.69) is 20.6 Å². The summed E-state index contributed by atoms with van der Waals surface area (Å²) in [6.45, 7) is 0.743. The van der Waals surface area contributed by atoms with Crippen molar-refractivity contribution in [1.82, 2.24) is 20.6 Å². The molecule has 5 N–H and O–H groups in total. The Bertz CT molecular complexity index is 1850. The normalized spacial score (nSPS) is 15.4. The molecule has 0 radical (unpaired) electrons. The quantitative estimate of drug-likeness (QED) is 0.234. The molecule has 13 nitrogen and oxygen atoms in total. The van der Waals surface area contributed by atoms with Gasteiger partial charge >= 0.3 is 5.97 Å². The van der Waals surface area contributed by atoms with Crippen LogP contribution in [0.2, 0.25) is 0 Å². The maximum Gasteiger partial charge on any atom is 0.335 e. The third-order valence-electron chi connectivity index (χ3n) is 7.44. The van der Waals surface area contributed by atoms with Gasteiger partial charge in [-0.15, -0.1) is 0 Å². The molecule has 6 rings (SSSR count). The van der Waals surface area contributed by atoms with Crippen LogP contribution in [-0.2, 0) is 13.0 Å². The van der Waals surface area contributed by atoms with Crippen LogP contribution in [0.1, 0.15) is 60.5 Å². The van der Waals surface area contributed by atoms with Gasteiger partial charge < -0.3 is 31.1 Å². The number of nitrogens with zero attached hydrogens (tertiary/aromatic N) is 3. The molecule has 2 aliphatic rings. The van der Waals surface area contributed by atoms with Crippen molar-refractivity contribution in [2.45, 2.75) is 25.4 Å². The molecular weight excluding hydrogens is 544 g/mol. The molecule has 42 heavy (non-hydrogen) atoms. The molecule has 1 atom stereocenters. The largest absolute Gasteiger partial charge is 0.490 e. The molecular formula is C29H24N6O7. The van der Waals surface area contributed by atoms with Gasteiger partial charge in [-0.3, -0.25) is 19.2 Å². The minimum atomic E-state index is -1.01. The molecule has 2 heterocycles. The number of hydrogen-bond acceptors (Lipinski definition) is 10. The topological polar surface area (TPSA) is 194 Å². The van der Waals surface area contributed by atoms with Crippen LogP contribution < -0.4 is 36.9 Å². The fraction of sp³-hybridized carbons (Fsp3) is 0.207. The minimum Gasteiger partial charge on any atom is -0.490 e.